The zero-order valence-electron chi connectivity index (χ0n) is 30.2. The Balaban J connectivity index is 1.56. The second kappa shape index (κ2) is 17.6. The molecule has 5 amide bonds. The highest BCUT2D eigenvalue weighted by atomic mass is 19.4. The first-order valence-corrected chi connectivity index (χ1v) is 17.1. The van der Waals surface area contributed by atoms with Crippen LogP contribution < -0.4 is 20.7 Å². The molecule has 0 spiro atoms. The highest BCUT2D eigenvalue weighted by molar-refractivity contribution is 6.03. The fraction of sp³-hybridized carbons (Fsp3) is 0.500. The van der Waals surface area contributed by atoms with Gasteiger partial charge in [0.05, 0.1) is 36.0 Å². The number of hydrogen-bond donors (Lipinski definition) is 4. The molecule has 3 aromatic rings. The van der Waals surface area contributed by atoms with Crippen molar-refractivity contribution in [3.05, 3.63) is 65.0 Å². The minimum Gasteiger partial charge on any atom is -0.490 e. The SMILES string of the molecule is Cc1noc(C)c1NC(=O)Nc1ccc2c(c1)C(=O)N([C@@H](C)CO)C[C@H](C)[C@@H](CN(C)C(=O)Nc1ccc(C(F)(F)F)cc1)OCCCC[C@@H](C)O2. The molecule has 1 aliphatic rings. The van der Waals surface area contributed by atoms with E-state index in [0.29, 0.717) is 48.0 Å². The Bertz CT molecular complexity index is 1660. The third kappa shape index (κ3) is 10.6. The molecule has 4 N–H and O–H groups in total. The van der Waals surface area contributed by atoms with Crippen molar-refractivity contribution in [2.24, 2.45) is 5.92 Å². The predicted octanol–water partition coefficient (Wildman–Crippen LogP) is 6.91. The third-order valence-corrected chi connectivity index (χ3v) is 8.85. The molecule has 0 radical (unpaired) electrons. The Morgan fingerprint density at radius 3 is 2.38 bits per heavy atom. The number of carbonyl (C=O) groups is 3. The van der Waals surface area contributed by atoms with Gasteiger partial charge in [-0.05, 0) is 89.4 Å². The second-order valence-corrected chi connectivity index (χ2v) is 13.2. The highest BCUT2D eigenvalue weighted by Gasteiger charge is 2.32. The van der Waals surface area contributed by atoms with E-state index in [1.807, 2.05) is 13.8 Å². The first kappa shape index (κ1) is 39.9. The average Bonchev–Trinajstić information content (AvgIpc) is 3.41. The van der Waals surface area contributed by atoms with Crippen molar-refractivity contribution < 1.29 is 46.7 Å². The van der Waals surface area contributed by atoms with Gasteiger partial charge in [-0.15, -0.1) is 0 Å². The fourth-order valence-electron chi connectivity index (χ4n) is 5.71. The maximum absolute atomic E-state index is 14.4. The van der Waals surface area contributed by atoms with Crippen LogP contribution in [0.15, 0.2) is 47.0 Å². The molecule has 0 saturated heterocycles. The zero-order valence-corrected chi connectivity index (χ0v) is 30.2. The Morgan fingerprint density at radius 2 is 1.75 bits per heavy atom. The number of hydrogen-bond acceptors (Lipinski definition) is 8. The lowest BCUT2D eigenvalue weighted by atomic mass is 10.0. The van der Waals surface area contributed by atoms with E-state index in [0.717, 1.165) is 18.6 Å². The monoisotopic (exact) mass is 732 g/mol. The number of fused-ring (bicyclic) bond motifs is 1. The Labute approximate surface area is 300 Å². The molecule has 1 aliphatic heterocycles. The maximum Gasteiger partial charge on any atom is 0.416 e. The summed E-state index contributed by atoms with van der Waals surface area (Å²) in [6, 6.07) is 7.19. The summed E-state index contributed by atoms with van der Waals surface area (Å²) in [5, 5.41) is 22.1. The van der Waals surface area contributed by atoms with Crippen LogP contribution in [0, 0.1) is 19.8 Å². The number of aliphatic hydroxyl groups excluding tert-OH is 1. The van der Waals surface area contributed by atoms with Crippen molar-refractivity contribution in [1.29, 1.82) is 0 Å². The normalized spacial score (nSPS) is 19.5. The number of urea groups is 2. The van der Waals surface area contributed by atoms with Gasteiger partial charge in [0.15, 0.2) is 5.76 Å². The first-order valence-electron chi connectivity index (χ1n) is 17.1. The van der Waals surface area contributed by atoms with E-state index in [9.17, 15) is 32.7 Å². The number of aromatic nitrogens is 1. The average molecular weight is 733 g/mol. The lowest BCUT2D eigenvalue weighted by Gasteiger charge is -2.35. The third-order valence-electron chi connectivity index (χ3n) is 8.85. The number of anilines is 3. The van der Waals surface area contributed by atoms with Crippen LogP contribution in [0.5, 0.6) is 5.75 Å². The quantitative estimate of drug-likeness (QED) is 0.204. The van der Waals surface area contributed by atoms with Crippen LogP contribution >= 0.6 is 0 Å². The van der Waals surface area contributed by atoms with E-state index in [1.54, 1.807) is 40.0 Å². The lowest BCUT2D eigenvalue weighted by Crippen LogP contribution is -2.48. The molecule has 284 valence electrons. The van der Waals surface area contributed by atoms with Crippen molar-refractivity contribution in [3.8, 4) is 5.75 Å². The van der Waals surface area contributed by atoms with Gasteiger partial charge in [-0.1, -0.05) is 12.1 Å². The second-order valence-electron chi connectivity index (χ2n) is 13.2. The van der Waals surface area contributed by atoms with Gasteiger partial charge in [-0.3, -0.25) is 4.79 Å². The van der Waals surface area contributed by atoms with Crippen molar-refractivity contribution >= 4 is 35.0 Å². The Morgan fingerprint density at radius 1 is 1.06 bits per heavy atom. The Kier molecular flexibility index (Phi) is 13.5. The molecule has 2 heterocycles. The molecule has 16 heteroatoms. The summed E-state index contributed by atoms with van der Waals surface area (Å²) in [7, 11) is 1.55. The van der Waals surface area contributed by atoms with Crippen molar-refractivity contribution in [2.45, 2.75) is 78.3 Å². The summed E-state index contributed by atoms with van der Waals surface area (Å²) in [6.07, 6.45) is -3.21. The summed E-state index contributed by atoms with van der Waals surface area (Å²) in [4.78, 5) is 43.3. The molecule has 1 aromatic heterocycles. The smallest absolute Gasteiger partial charge is 0.416 e. The molecule has 0 aliphatic carbocycles. The highest BCUT2D eigenvalue weighted by Crippen LogP contribution is 2.31. The number of likely N-dealkylation sites (N-methyl/N-ethyl adjacent to an activating group) is 1. The van der Waals surface area contributed by atoms with Gasteiger partial charge in [0.1, 0.15) is 17.1 Å². The minimum absolute atomic E-state index is 0.105. The van der Waals surface area contributed by atoms with Crippen LogP contribution in [-0.4, -0.2) is 89.6 Å². The maximum atomic E-state index is 14.4. The summed E-state index contributed by atoms with van der Waals surface area (Å²) >= 11 is 0. The molecule has 4 rings (SSSR count). The summed E-state index contributed by atoms with van der Waals surface area (Å²) in [5.74, 6) is -0.0471. The van der Waals surface area contributed by atoms with Crippen LogP contribution in [0.4, 0.5) is 39.8 Å². The minimum atomic E-state index is -4.50. The van der Waals surface area contributed by atoms with Crippen LogP contribution in [-0.2, 0) is 10.9 Å². The van der Waals surface area contributed by atoms with E-state index in [2.05, 4.69) is 21.1 Å². The van der Waals surface area contributed by atoms with Crippen LogP contribution in [0.1, 0.15) is 67.4 Å². The molecule has 13 nitrogen and oxygen atoms in total. The molecular weight excluding hydrogens is 685 g/mol. The topological polar surface area (TPSA) is 158 Å². The summed E-state index contributed by atoms with van der Waals surface area (Å²) < 4.78 is 56.6. The van der Waals surface area contributed by atoms with Gasteiger partial charge in [0, 0.05) is 44.0 Å². The van der Waals surface area contributed by atoms with E-state index >= 15 is 0 Å². The molecule has 2 aromatic carbocycles. The molecular formula is C36H47F3N6O7. The van der Waals surface area contributed by atoms with Gasteiger partial charge in [0.25, 0.3) is 5.91 Å². The van der Waals surface area contributed by atoms with Gasteiger partial charge >= 0.3 is 18.2 Å². The molecule has 4 atom stereocenters. The van der Waals surface area contributed by atoms with E-state index < -0.39 is 41.9 Å². The van der Waals surface area contributed by atoms with Gasteiger partial charge < -0.3 is 44.9 Å². The Hall–Kier alpha value is -4.83. The summed E-state index contributed by atoms with van der Waals surface area (Å²) in [6.45, 7) is 9.10. The van der Waals surface area contributed by atoms with Gasteiger partial charge in [-0.2, -0.15) is 13.2 Å². The number of aliphatic hydroxyl groups is 1. The number of benzene rings is 2. The largest absolute Gasteiger partial charge is 0.490 e. The number of rotatable bonds is 7. The van der Waals surface area contributed by atoms with Crippen molar-refractivity contribution in [2.75, 3.05) is 49.3 Å². The predicted molar refractivity (Wildman–Crippen MR) is 189 cm³/mol. The standard InChI is InChI=1S/C36H47F3N6O7/c1-21-18-45(22(2)20-46)33(47)29-17-28(40-34(48)42-32-24(4)43-52-25(32)5)14-15-30(29)51-23(3)9-7-8-16-50-31(21)19-44(6)35(49)41-27-12-10-26(11-13-27)36(37,38)39/h10-15,17,21-23,31,46H,7-9,16,18-20H2,1-6H3,(H,41,49)(H2,40,42,48)/t21-,22-,23+,31+/m0/s1. The molecule has 52 heavy (non-hydrogen) atoms. The number of nitrogens with zero attached hydrogens (tertiary/aromatic N) is 3. The number of carbonyl (C=O) groups excluding carboxylic acids is 3. The number of nitrogens with one attached hydrogen (secondary N) is 3. The van der Waals surface area contributed by atoms with Crippen LogP contribution in [0.2, 0.25) is 0 Å². The first-order chi connectivity index (χ1) is 24.6. The van der Waals surface area contributed by atoms with Crippen LogP contribution in [0.3, 0.4) is 0 Å². The van der Waals surface area contributed by atoms with E-state index in [-0.39, 0.29) is 43.0 Å². The number of aryl methyl sites for hydroxylation is 2. The fourth-order valence-corrected chi connectivity index (χ4v) is 5.71. The van der Waals surface area contributed by atoms with Gasteiger partial charge in [-0.25, -0.2) is 9.59 Å². The molecule has 0 saturated carbocycles. The number of alkyl halides is 3. The molecule has 0 unspecified atom stereocenters. The number of halogens is 3. The number of ether oxygens (including phenoxy) is 2. The van der Waals surface area contributed by atoms with E-state index in [1.165, 1.54) is 28.0 Å². The van der Waals surface area contributed by atoms with Crippen molar-refractivity contribution in [1.82, 2.24) is 15.0 Å². The molecule has 0 fully saturated rings. The zero-order chi connectivity index (χ0) is 38.2. The summed E-state index contributed by atoms with van der Waals surface area (Å²) in [5.41, 5.74) is 0.804. The van der Waals surface area contributed by atoms with Gasteiger partial charge in [0.2, 0.25) is 0 Å². The van der Waals surface area contributed by atoms with E-state index in [4.69, 9.17) is 14.0 Å². The number of amides is 5. The molecule has 0 bridgehead atoms. The van der Waals surface area contributed by atoms with Crippen molar-refractivity contribution in [3.63, 3.8) is 0 Å². The lowest BCUT2D eigenvalue weighted by molar-refractivity contribution is -0.137. The van der Waals surface area contributed by atoms with Crippen LogP contribution in [0.25, 0.3) is 0 Å².